The molecule has 1 heterocycles. The molecule has 1 saturated carbocycles. The van der Waals surface area contributed by atoms with Crippen LogP contribution in [-0.2, 0) is 9.47 Å². The molecule has 6 nitrogen and oxygen atoms in total. The standard InChI is InChI=1S/C25H31N3O3/c1-5-30-24(27-4)22-21(14-28(23(22)26)15-25(2,3)29)18-7-6-17-13-20(31-19-10-11-19)9-8-16(17)12-18/h6-9,12-14,16-17,19,26,29H,4-5,10-11,15H2,1-3H3/b24-22+,26-23?/t16?,17-/m1/s1. The maximum absolute atomic E-state index is 10.3. The van der Waals surface area contributed by atoms with Crippen molar-refractivity contribution in [3.05, 3.63) is 71.0 Å². The smallest absolute Gasteiger partial charge is 0.224 e. The van der Waals surface area contributed by atoms with Gasteiger partial charge in [0.15, 0.2) is 0 Å². The fourth-order valence-corrected chi connectivity index (χ4v) is 4.02. The van der Waals surface area contributed by atoms with Gasteiger partial charge in [-0.1, -0.05) is 24.3 Å². The van der Waals surface area contributed by atoms with E-state index >= 15 is 0 Å². The summed E-state index contributed by atoms with van der Waals surface area (Å²) >= 11 is 0. The molecule has 0 spiro atoms. The van der Waals surface area contributed by atoms with Crippen molar-refractivity contribution in [1.29, 1.82) is 5.41 Å². The van der Waals surface area contributed by atoms with Crippen molar-refractivity contribution in [2.45, 2.75) is 45.3 Å². The molecule has 31 heavy (non-hydrogen) atoms. The molecule has 0 aromatic heterocycles. The summed E-state index contributed by atoms with van der Waals surface area (Å²) in [6, 6.07) is 0. The summed E-state index contributed by atoms with van der Waals surface area (Å²) in [5.41, 5.74) is 1.51. The third kappa shape index (κ3) is 4.74. The number of hydrogen-bond donors (Lipinski definition) is 2. The molecule has 1 fully saturated rings. The molecular formula is C25H31N3O3. The minimum atomic E-state index is -0.951. The highest BCUT2D eigenvalue weighted by molar-refractivity contribution is 6.05. The molecule has 1 aliphatic heterocycles. The van der Waals surface area contributed by atoms with Gasteiger partial charge < -0.3 is 19.5 Å². The SMILES string of the molecule is C=N/C(OCC)=C1\C(=N)N(CC(C)(C)O)C=C1C1=CC2C=CC(OC3CC3)=C[C@H]2C=C1. The van der Waals surface area contributed by atoms with Crippen LogP contribution in [-0.4, -0.2) is 47.4 Å². The zero-order valence-electron chi connectivity index (χ0n) is 18.5. The lowest BCUT2D eigenvalue weighted by molar-refractivity contribution is 0.0655. The van der Waals surface area contributed by atoms with E-state index in [1.807, 2.05) is 13.1 Å². The van der Waals surface area contributed by atoms with Gasteiger partial charge in [-0.15, -0.1) is 0 Å². The van der Waals surface area contributed by atoms with Crippen LogP contribution >= 0.6 is 0 Å². The van der Waals surface area contributed by atoms with Crippen molar-refractivity contribution in [2.24, 2.45) is 16.8 Å². The summed E-state index contributed by atoms with van der Waals surface area (Å²) in [6.45, 7) is 9.72. The number of aliphatic hydroxyl groups is 1. The normalized spacial score (nSPS) is 26.8. The zero-order valence-corrected chi connectivity index (χ0v) is 18.5. The van der Waals surface area contributed by atoms with E-state index < -0.39 is 5.60 Å². The van der Waals surface area contributed by atoms with Crippen LogP contribution < -0.4 is 0 Å². The number of rotatable bonds is 8. The molecule has 4 rings (SSSR count). The van der Waals surface area contributed by atoms with E-state index in [0.29, 0.717) is 30.7 Å². The van der Waals surface area contributed by atoms with Crippen LogP contribution in [0, 0.1) is 17.2 Å². The maximum atomic E-state index is 10.3. The molecule has 4 aliphatic rings. The monoisotopic (exact) mass is 421 g/mol. The van der Waals surface area contributed by atoms with Crippen molar-refractivity contribution < 1.29 is 14.6 Å². The molecule has 0 amide bonds. The number of fused-ring (bicyclic) bond motifs is 1. The maximum Gasteiger partial charge on any atom is 0.224 e. The number of aliphatic imine (C=N–C) groups is 1. The number of nitrogens with one attached hydrogen (secondary N) is 1. The Morgan fingerprint density at radius 3 is 2.61 bits per heavy atom. The van der Waals surface area contributed by atoms with Gasteiger partial charge in [0.05, 0.1) is 30.4 Å². The lowest BCUT2D eigenvalue weighted by Gasteiger charge is -2.26. The van der Waals surface area contributed by atoms with E-state index in [1.54, 1.807) is 18.7 Å². The topological polar surface area (TPSA) is 78.1 Å². The predicted octanol–water partition coefficient (Wildman–Crippen LogP) is 4.24. The second-order valence-corrected chi connectivity index (χ2v) is 8.98. The average Bonchev–Trinajstić information content (AvgIpc) is 3.48. The van der Waals surface area contributed by atoms with Crippen molar-refractivity contribution in [2.75, 3.05) is 13.2 Å². The number of β-amino-alcohol motifs (C(OH)–C–C–N with tert-alkyl or cyclic N) is 1. The van der Waals surface area contributed by atoms with E-state index in [1.165, 1.54) is 0 Å². The van der Waals surface area contributed by atoms with Gasteiger partial charge in [-0.2, -0.15) is 0 Å². The summed E-state index contributed by atoms with van der Waals surface area (Å²) in [4.78, 5) is 5.80. The second kappa shape index (κ2) is 8.35. The first kappa shape index (κ1) is 21.4. The Morgan fingerprint density at radius 1 is 1.26 bits per heavy atom. The number of nitrogens with zero attached hydrogens (tertiary/aromatic N) is 2. The Balaban J connectivity index is 1.65. The van der Waals surface area contributed by atoms with Crippen LogP contribution in [0.3, 0.4) is 0 Å². The average molecular weight is 422 g/mol. The van der Waals surface area contributed by atoms with Gasteiger partial charge in [0.2, 0.25) is 5.88 Å². The number of ether oxygens (including phenoxy) is 2. The Labute approximate surface area is 184 Å². The third-order valence-electron chi connectivity index (χ3n) is 5.57. The van der Waals surface area contributed by atoms with Gasteiger partial charge in [0.25, 0.3) is 0 Å². The van der Waals surface area contributed by atoms with E-state index in [4.69, 9.17) is 14.9 Å². The molecule has 2 atom stereocenters. The fourth-order valence-electron chi connectivity index (χ4n) is 4.02. The number of amidine groups is 1. The summed E-state index contributed by atoms with van der Waals surface area (Å²) in [5.74, 6) is 2.03. The van der Waals surface area contributed by atoms with E-state index in [0.717, 1.165) is 29.7 Å². The summed E-state index contributed by atoms with van der Waals surface area (Å²) < 4.78 is 11.6. The van der Waals surface area contributed by atoms with Crippen LogP contribution in [0.15, 0.2) is 76.0 Å². The van der Waals surface area contributed by atoms with Crippen LogP contribution in [0.2, 0.25) is 0 Å². The molecule has 6 heteroatoms. The Kier molecular flexibility index (Phi) is 5.75. The second-order valence-electron chi connectivity index (χ2n) is 8.98. The van der Waals surface area contributed by atoms with Crippen LogP contribution in [0.25, 0.3) is 0 Å². The molecule has 164 valence electrons. The Hall–Kier alpha value is -2.86. The van der Waals surface area contributed by atoms with Gasteiger partial charge in [0, 0.05) is 23.6 Å². The van der Waals surface area contributed by atoms with Gasteiger partial charge in [0.1, 0.15) is 11.6 Å². The predicted molar refractivity (Wildman–Crippen MR) is 123 cm³/mol. The Bertz CT molecular complexity index is 955. The third-order valence-corrected chi connectivity index (χ3v) is 5.57. The Morgan fingerprint density at radius 2 is 1.97 bits per heavy atom. The highest BCUT2D eigenvalue weighted by atomic mass is 16.5. The van der Waals surface area contributed by atoms with E-state index in [9.17, 15) is 5.11 Å². The minimum absolute atomic E-state index is 0.221. The first-order valence-corrected chi connectivity index (χ1v) is 10.9. The number of hydrogen-bond acceptors (Lipinski definition) is 5. The van der Waals surface area contributed by atoms with Crippen molar-refractivity contribution in [3.63, 3.8) is 0 Å². The molecule has 0 saturated heterocycles. The van der Waals surface area contributed by atoms with Gasteiger partial charge in [-0.3, -0.25) is 5.41 Å². The first-order valence-electron chi connectivity index (χ1n) is 10.9. The molecule has 2 N–H and O–H groups in total. The van der Waals surface area contributed by atoms with Gasteiger partial charge in [-0.05, 0) is 58.1 Å². The molecule has 0 bridgehead atoms. The number of allylic oxidation sites excluding steroid dienone is 7. The fraction of sp³-hybridized carbons (Fsp3) is 0.440. The molecule has 3 aliphatic carbocycles. The molecule has 1 unspecified atom stereocenters. The van der Waals surface area contributed by atoms with E-state index in [2.05, 4.69) is 48.2 Å². The summed E-state index contributed by atoms with van der Waals surface area (Å²) in [7, 11) is 0. The van der Waals surface area contributed by atoms with Crippen LogP contribution in [0.1, 0.15) is 33.6 Å². The first-order chi connectivity index (χ1) is 14.8. The summed E-state index contributed by atoms with van der Waals surface area (Å²) in [6.07, 6.45) is 17.5. The highest BCUT2D eigenvalue weighted by Crippen LogP contribution is 2.39. The summed E-state index contributed by atoms with van der Waals surface area (Å²) in [5, 5.41) is 19.0. The van der Waals surface area contributed by atoms with Crippen molar-refractivity contribution >= 4 is 12.6 Å². The lowest BCUT2D eigenvalue weighted by atomic mass is 9.80. The largest absolute Gasteiger partial charge is 0.491 e. The van der Waals surface area contributed by atoms with Crippen LogP contribution in [0.4, 0.5) is 0 Å². The van der Waals surface area contributed by atoms with Gasteiger partial charge >= 0.3 is 0 Å². The molecule has 0 radical (unpaired) electrons. The van der Waals surface area contributed by atoms with Gasteiger partial charge in [-0.25, -0.2) is 4.99 Å². The van der Waals surface area contributed by atoms with E-state index in [-0.39, 0.29) is 17.7 Å². The van der Waals surface area contributed by atoms with Crippen molar-refractivity contribution in [1.82, 2.24) is 4.90 Å². The minimum Gasteiger partial charge on any atom is -0.491 e. The van der Waals surface area contributed by atoms with Crippen LogP contribution in [0.5, 0.6) is 0 Å². The quantitative estimate of drug-likeness (QED) is 0.454. The highest BCUT2D eigenvalue weighted by Gasteiger charge is 2.34. The molecule has 0 aromatic carbocycles. The molecule has 0 aromatic rings. The van der Waals surface area contributed by atoms with Crippen molar-refractivity contribution in [3.8, 4) is 0 Å². The zero-order chi connectivity index (χ0) is 22.2. The lowest BCUT2D eigenvalue weighted by Crippen LogP contribution is -2.37. The molecular weight excluding hydrogens is 390 g/mol.